The van der Waals surface area contributed by atoms with Crippen molar-refractivity contribution < 1.29 is 4.74 Å². The van der Waals surface area contributed by atoms with Gasteiger partial charge < -0.3 is 15.8 Å². The number of ether oxygens (including phenoxy) is 1. The molecule has 0 saturated carbocycles. The second-order valence-electron chi connectivity index (χ2n) is 4.02. The molecule has 0 aliphatic carbocycles. The summed E-state index contributed by atoms with van der Waals surface area (Å²) >= 11 is 0. The third-order valence-electron chi connectivity index (χ3n) is 2.72. The summed E-state index contributed by atoms with van der Waals surface area (Å²) in [7, 11) is 0. The second kappa shape index (κ2) is 8.21. The van der Waals surface area contributed by atoms with E-state index in [0.717, 1.165) is 32.7 Å². The van der Waals surface area contributed by atoms with Gasteiger partial charge in [0.1, 0.15) is 0 Å². The van der Waals surface area contributed by atoms with E-state index in [1.807, 2.05) is 0 Å². The SMILES string of the molecule is NCCCCCNCCC1CCCO1. The van der Waals surface area contributed by atoms with E-state index < -0.39 is 0 Å². The third kappa shape index (κ3) is 5.58. The maximum absolute atomic E-state index is 5.54. The first-order valence-corrected chi connectivity index (χ1v) is 5.96. The van der Waals surface area contributed by atoms with Crippen LogP contribution in [0.15, 0.2) is 0 Å². The van der Waals surface area contributed by atoms with Gasteiger partial charge in [-0.3, -0.25) is 0 Å². The normalized spacial score (nSPS) is 21.6. The number of hydrogen-bond acceptors (Lipinski definition) is 3. The van der Waals surface area contributed by atoms with Crippen LogP contribution in [0, 0.1) is 0 Å². The van der Waals surface area contributed by atoms with Gasteiger partial charge in [0.25, 0.3) is 0 Å². The van der Waals surface area contributed by atoms with E-state index in [9.17, 15) is 0 Å². The molecule has 0 spiro atoms. The monoisotopic (exact) mass is 200 g/mol. The fourth-order valence-electron chi connectivity index (χ4n) is 1.83. The minimum atomic E-state index is 0.534. The van der Waals surface area contributed by atoms with Gasteiger partial charge in [-0.15, -0.1) is 0 Å². The van der Waals surface area contributed by atoms with Crippen LogP contribution in [0.1, 0.15) is 38.5 Å². The van der Waals surface area contributed by atoms with E-state index in [1.54, 1.807) is 0 Å². The molecular weight excluding hydrogens is 176 g/mol. The molecule has 1 rings (SSSR count). The second-order valence-corrected chi connectivity index (χ2v) is 4.02. The summed E-state index contributed by atoms with van der Waals surface area (Å²) in [6, 6.07) is 0. The first-order valence-electron chi connectivity index (χ1n) is 5.96. The molecule has 0 aromatic rings. The maximum atomic E-state index is 5.54. The summed E-state index contributed by atoms with van der Waals surface area (Å²) < 4.78 is 5.54. The number of unbranched alkanes of at least 4 members (excludes halogenated alkanes) is 2. The largest absolute Gasteiger partial charge is 0.378 e. The Morgan fingerprint density at radius 3 is 2.86 bits per heavy atom. The molecular formula is C11H24N2O. The van der Waals surface area contributed by atoms with E-state index >= 15 is 0 Å². The van der Waals surface area contributed by atoms with Crippen LogP contribution in [0.4, 0.5) is 0 Å². The van der Waals surface area contributed by atoms with Gasteiger partial charge in [-0.1, -0.05) is 6.42 Å². The standard InChI is InChI=1S/C11H24N2O/c12-7-2-1-3-8-13-9-6-11-5-4-10-14-11/h11,13H,1-10,12H2. The van der Waals surface area contributed by atoms with Crippen LogP contribution < -0.4 is 11.1 Å². The Morgan fingerprint density at radius 2 is 2.14 bits per heavy atom. The minimum Gasteiger partial charge on any atom is -0.378 e. The van der Waals surface area contributed by atoms with Gasteiger partial charge >= 0.3 is 0 Å². The van der Waals surface area contributed by atoms with Gasteiger partial charge in [-0.25, -0.2) is 0 Å². The molecule has 1 atom stereocenters. The smallest absolute Gasteiger partial charge is 0.0588 e. The van der Waals surface area contributed by atoms with Crippen LogP contribution in [0.3, 0.4) is 0 Å². The molecule has 1 saturated heterocycles. The Kier molecular flexibility index (Phi) is 7.01. The zero-order valence-corrected chi connectivity index (χ0v) is 9.13. The van der Waals surface area contributed by atoms with E-state index in [2.05, 4.69) is 5.32 Å². The van der Waals surface area contributed by atoms with E-state index in [4.69, 9.17) is 10.5 Å². The van der Waals surface area contributed by atoms with Gasteiger partial charge in [0.05, 0.1) is 6.10 Å². The molecule has 14 heavy (non-hydrogen) atoms. The fourth-order valence-corrected chi connectivity index (χ4v) is 1.83. The lowest BCUT2D eigenvalue weighted by molar-refractivity contribution is 0.104. The van der Waals surface area contributed by atoms with Crippen molar-refractivity contribution in [3.05, 3.63) is 0 Å². The molecule has 84 valence electrons. The zero-order valence-electron chi connectivity index (χ0n) is 9.13. The molecule has 0 bridgehead atoms. The predicted molar refractivity (Wildman–Crippen MR) is 59.4 cm³/mol. The predicted octanol–water partition coefficient (Wildman–Crippen LogP) is 1.27. The lowest BCUT2D eigenvalue weighted by Gasteiger charge is -2.09. The first-order chi connectivity index (χ1) is 6.93. The highest BCUT2D eigenvalue weighted by Crippen LogP contribution is 2.14. The molecule has 1 heterocycles. The van der Waals surface area contributed by atoms with Crippen LogP contribution in [0.2, 0.25) is 0 Å². The Labute approximate surface area is 87.4 Å². The van der Waals surface area contributed by atoms with Crippen LogP contribution in [-0.4, -0.2) is 32.3 Å². The lowest BCUT2D eigenvalue weighted by atomic mass is 10.2. The molecule has 3 heteroatoms. The Balaban J connectivity index is 1.75. The molecule has 0 aromatic carbocycles. The van der Waals surface area contributed by atoms with Gasteiger partial charge in [-0.2, -0.15) is 0 Å². The highest BCUT2D eigenvalue weighted by molar-refractivity contribution is 4.65. The topological polar surface area (TPSA) is 47.3 Å². The van der Waals surface area contributed by atoms with Gasteiger partial charge in [0.2, 0.25) is 0 Å². The molecule has 1 unspecified atom stereocenters. The van der Waals surface area contributed by atoms with Crippen molar-refractivity contribution in [1.29, 1.82) is 0 Å². The molecule has 1 fully saturated rings. The van der Waals surface area contributed by atoms with Crippen molar-refractivity contribution in [1.82, 2.24) is 5.32 Å². The average molecular weight is 200 g/mol. The highest BCUT2D eigenvalue weighted by atomic mass is 16.5. The van der Waals surface area contributed by atoms with E-state index in [-0.39, 0.29) is 0 Å². The number of hydrogen-bond donors (Lipinski definition) is 2. The summed E-state index contributed by atoms with van der Waals surface area (Å²) in [5.41, 5.74) is 5.42. The van der Waals surface area contributed by atoms with Crippen molar-refractivity contribution in [2.45, 2.75) is 44.6 Å². The summed E-state index contributed by atoms with van der Waals surface area (Å²) in [5, 5.41) is 3.45. The Bertz CT molecular complexity index is 124. The maximum Gasteiger partial charge on any atom is 0.0588 e. The summed E-state index contributed by atoms with van der Waals surface area (Å²) in [6.07, 6.45) is 7.89. The van der Waals surface area contributed by atoms with Gasteiger partial charge in [0, 0.05) is 6.61 Å². The van der Waals surface area contributed by atoms with Crippen LogP contribution in [0.5, 0.6) is 0 Å². The van der Waals surface area contributed by atoms with Crippen molar-refractivity contribution in [2.24, 2.45) is 5.73 Å². The molecule has 0 radical (unpaired) electrons. The zero-order chi connectivity index (χ0) is 10.1. The fraction of sp³-hybridized carbons (Fsp3) is 1.00. The van der Waals surface area contributed by atoms with Crippen molar-refractivity contribution in [3.8, 4) is 0 Å². The highest BCUT2D eigenvalue weighted by Gasteiger charge is 2.13. The molecule has 1 aliphatic rings. The lowest BCUT2D eigenvalue weighted by Crippen LogP contribution is -2.21. The molecule has 0 amide bonds. The van der Waals surface area contributed by atoms with Crippen molar-refractivity contribution >= 4 is 0 Å². The molecule has 1 aliphatic heterocycles. The number of rotatable bonds is 8. The van der Waals surface area contributed by atoms with Crippen molar-refractivity contribution in [3.63, 3.8) is 0 Å². The van der Waals surface area contributed by atoms with Crippen LogP contribution in [0.25, 0.3) is 0 Å². The Morgan fingerprint density at radius 1 is 1.21 bits per heavy atom. The summed E-state index contributed by atoms with van der Waals surface area (Å²) in [6.45, 7) is 4.04. The summed E-state index contributed by atoms with van der Waals surface area (Å²) in [4.78, 5) is 0. The number of nitrogens with one attached hydrogen (secondary N) is 1. The van der Waals surface area contributed by atoms with Crippen molar-refractivity contribution in [2.75, 3.05) is 26.2 Å². The molecule has 3 nitrogen and oxygen atoms in total. The average Bonchev–Trinajstić information content (AvgIpc) is 2.69. The first kappa shape index (κ1) is 12.0. The number of nitrogens with two attached hydrogens (primary N) is 1. The summed E-state index contributed by atoms with van der Waals surface area (Å²) in [5.74, 6) is 0. The minimum absolute atomic E-state index is 0.534. The molecule has 0 aromatic heterocycles. The van der Waals surface area contributed by atoms with Crippen LogP contribution in [-0.2, 0) is 4.74 Å². The van der Waals surface area contributed by atoms with E-state index in [1.165, 1.54) is 32.1 Å². The van der Waals surface area contributed by atoms with Gasteiger partial charge in [0.15, 0.2) is 0 Å². The molecule has 3 N–H and O–H groups in total. The quantitative estimate of drug-likeness (QED) is 0.580. The van der Waals surface area contributed by atoms with Crippen LogP contribution >= 0.6 is 0 Å². The third-order valence-corrected chi connectivity index (χ3v) is 2.72. The van der Waals surface area contributed by atoms with E-state index in [0.29, 0.717) is 6.10 Å². The Hall–Kier alpha value is -0.120. The van der Waals surface area contributed by atoms with Gasteiger partial charge in [-0.05, 0) is 51.7 Å².